The quantitative estimate of drug-likeness (QED) is 0.340. The number of aromatic nitrogens is 4. The Morgan fingerprint density at radius 1 is 1.16 bits per heavy atom. The fourth-order valence-electron chi connectivity index (χ4n) is 3.51. The third kappa shape index (κ3) is 5.62. The molecule has 9 nitrogen and oxygen atoms in total. The number of ether oxygens (including phenoxy) is 2. The Kier molecular flexibility index (Phi) is 7.00. The molecule has 0 unspecified atom stereocenters. The van der Waals surface area contributed by atoms with Crippen molar-refractivity contribution in [2.24, 2.45) is 7.05 Å². The average Bonchev–Trinajstić information content (AvgIpc) is 3.18. The van der Waals surface area contributed by atoms with Crippen molar-refractivity contribution < 1.29 is 27.4 Å². The lowest BCUT2D eigenvalue weighted by atomic mass is 10.2. The predicted octanol–water partition coefficient (Wildman–Crippen LogP) is 3.87. The van der Waals surface area contributed by atoms with Crippen LogP contribution in [0.5, 0.6) is 17.5 Å². The Bertz CT molecular complexity index is 1590. The van der Waals surface area contributed by atoms with Gasteiger partial charge in [0, 0.05) is 30.6 Å². The molecule has 0 aliphatic carbocycles. The Hall–Kier alpha value is -4.24. The maximum Gasteiger partial charge on any atom is 0.573 e. The number of carbonyl (C=O) groups is 1. The van der Waals surface area contributed by atoms with Crippen molar-refractivity contribution in [3.8, 4) is 17.5 Å². The second kappa shape index (κ2) is 10.0. The van der Waals surface area contributed by atoms with Gasteiger partial charge in [0.05, 0.1) is 13.1 Å². The van der Waals surface area contributed by atoms with Crippen LogP contribution >= 0.6 is 11.6 Å². The molecule has 0 amide bonds. The topological polar surface area (TPSA) is 97.3 Å². The summed E-state index contributed by atoms with van der Waals surface area (Å²) in [4.78, 5) is 42.6. The van der Waals surface area contributed by atoms with Crippen LogP contribution in [0.1, 0.15) is 18.9 Å². The highest BCUT2D eigenvalue weighted by molar-refractivity contribution is 6.30. The molecule has 2 aromatic heterocycles. The van der Waals surface area contributed by atoms with Crippen molar-refractivity contribution in [1.29, 1.82) is 0 Å². The molecule has 2 heterocycles. The zero-order chi connectivity index (χ0) is 26.9. The first-order valence-electron chi connectivity index (χ1n) is 10.8. The predicted molar refractivity (Wildman–Crippen MR) is 126 cm³/mol. The monoisotopic (exact) mass is 534 g/mol. The molecule has 192 valence electrons. The third-order valence-corrected chi connectivity index (χ3v) is 5.55. The highest BCUT2D eigenvalue weighted by Gasteiger charge is 2.31. The normalized spacial score (nSPS) is 11.4. The molecule has 0 spiro atoms. The smallest absolute Gasteiger partial charge is 0.425 e. The molecule has 4 aromatic rings. The molecule has 4 rings (SSSR count). The number of fused-ring (bicyclic) bond motifs is 1. The van der Waals surface area contributed by atoms with E-state index in [1.165, 1.54) is 17.7 Å². The lowest BCUT2D eigenvalue weighted by molar-refractivity contribution is -0.274. The Morgan fingerprint density at radius 2 is 1.86 bits per heavy atom. The van der Waals surface area contributed by atoms with Crippen LogP contribution in [0, 0.1) is 12.1 Å². The summed E-state index contributed by atoms with van der Waals surface area (Å²) in [6.07, 6.45) is -4.83. The van der Waals surface area contributed by atoms with Crippen LogP contribution in [-0.4, -0.2) is 30.8 Å². The van der Waals surface area contributed by atoms with Gasteiger partial charge in [0.1, 0.15) is 5.75 Å². The van der Waals surface area contributed by atoms with Crippen LogP contribution in [0.4, 0.5) is 13.2 Å². The Balaban J connectivity index is 1.89. The minimum atomic E-state index is -4.95. The maximum absolute atomic E-state index is 13.4. The van der Waals surface area contributed by atoms with E-state index >= 15 is 0 Å². The number of ketones is 1. The summed E-state index contributed by atoms with van der Waals surface area (Å²) < 4.78 is 50.8. The van der Waals surface area contributed by atoms with Gasteiger partial charge in [-0.1, -0.05) is 36.7 Å². The zero-order valence-electron chi connectivity index (χ0n) is 19.4. The second-order valence-electron chi connectivity index (χ2n) is 7.88. The standard InChI is InChI=1S/C24H18ClF3N4O5/c1-3-16(33)13-32-21(34)19-20(30(2)23(32)35)29-22(31(19)12-14-7-9-15(25)10-8-14)36-17-5-4-6-18(11-17)37-24(26,27)28/h5,7-11H,3,12-13H2,1-2H3. The van der Waals surface area contributed by atoms with Gasteiger partial charge in [0.25, 0.3) is 5.56 Å². The number of imidazole rings is 1. The first kappa shape index (κ1) is 25.8. The number of hydrogen-bond acceptors (Lipinski definition) is 6. The summed E-state index contributed by atoms with van der Waals surface area (Å²) in [5, 5.41) is 0.479. The molecule has 0 saturated heterocycles. The van der Waals surface area contributed by atoms with Crippen LogP contribution in [0.15, 0.2) is 46.0 Å². The van der Waals surface area contributed by atoms with Crippen LogP contribution < -0.4 is 20.7 Å². The van der Waals surface area contributed by atoms with Crippen molar-refractivity contribution in [3.05, 3.63) is 80.0 Å². The minimum absolute atomic E-state index is 0.0206. The molecule has 0 fully saturated rings. The van der Waals surface area contributed by atoms with Gasteiger partial charge in [-0.2, -0.15) is 4.98 Å². The first-order chi connectivity index (χ1) is 17.5. The second-order valence-corrected chi connectivity index (χ2v) is 8.32. The van der Waals surface area contributed by atoms with Crippen LogP contribution in [-0.2, 0) is 24.9 Å². The van der Waals surface area contributed by atoms with Crippen molar-refractivity contribution in [2.45, 2.75) is 32.8 Å². The van der Waals surface area contributed by atoms with Gasteiger partial charge in [0.15, 0.2) is 22.7 Å². The van der Waals surface area contributed by atoms with E-state index in [1.807, 2.05) is 0 Å². The number of halogens is 4. The lowest BCUT2D eigenvalue weighted by Crippen LogP contribution is -2.41. The van der Waals surface area contributed by atoms with Gasteiger partial charge in [-0.3, -0.25) is 23.3 Å². The maximum atomic E-state index is 13.4. The summed E-state index contributed by atoms with van der Waals surface area (Å²) in [7, 11) is 1.38. The van der Waals surface area contributed by atoms with Gasteiger partial charge in [0.2, 0.25) is 0 Å². The Morgan fingerprint density at radius 3 is 2.51 bits per heavy atom. The van der Waals surface area contributed by atoms with E-state index in [1.54, 1.807) is 31.2 Å². The molecule has 2 aromatic carbocycles. The molecule has 0 aliphatic heterocycles. The van der Waals surface area contributed by atoms with Crippen LogP contribution in [0.2, 0.25) is 5.02 Å². The Labute approximate surface area is 212 Å². The molecule has 37 heavy (non-hydrogen) atoms. The third-order valence-electron chi connectivity index (χ3n) is 5.30. The molecular weight excluding hydrogens is 517 g/mol. The van der Waals surface area contributed by atoms with Gasteiger partial charge < -0.3 is 9.47 Å². The van der Waals surface area contributed by atoms with Gasteiger partial charge in [-0.05, 0) is 23.8 Å². The number of rotatable bonds is 8. The van der Waals surface area contributed by atoms with Gasteiger partial charge >= 0.3 is 18.1 Å². The number of alkyl halides is 3. The molecule has 0 radical (unpaired) electrons. The highest BCUT2D eigenvalue weighted by Crippen LogP contribution is 2.29. The van der Waals surface area contributed by atoms with Crippen molar-refractivity contribution >= 4 is 28.5 Å². The van der Waals surface area contributed by atoms with E-state index in [-0.39, 0.29) is 41.7 Å². The van der Waals surface area contributed by atoms with E-state index in [9.17, 15) is 27.6 Å². The minimum Gasteiger partial charge on any atom is -0.425 e. The number of aryl methyl sites for hydroxylation is 1. The molecular formula is C24H18ClF3N4O5. The first-order valence-corrected chi connectivity index (χ1v) is 11.2. The summed E-state index contributed by atoms with van der Waals surface area (Å²) in [5.74, 6) is -1.16. The summed E-state index contributed by atoms with van der Waals surface area (Å²) in [5.41, 5.74) is -0.950. The van der Waals surface area contributed by atoms with E-state index < -0.39 is 29.9 Å². The number of hydrogen-bond donors (Lipinski definition) is 0. The summed E-state index contributed by atoms with van der Waals surface area (Å²) in [6, 6.07) is 13.1. The largest absolute Gasteiger partial charge is 0.573 e. The van der Waals surface area contributed by atoms with Crippen LogP contribution in [0.3, 0.4) is 0 Å². The number of carbonyl (C=O) groups excluding carboxylic acids is 1. The molecule has 0 aliphatic rings. The van der Waals surface area contributed by atoms with Crippen molar-refractivity contribution in [1.82, 2.24) is 18.7 Å². The van der Waals surface area contributed by atoms with Crippen molar-refractivity contribution in [2.75, 3.05) is 0 Å². The van der Waals surface area contributed by atoms with E-state index in [2.05, 4.69) is 21.9 Å². The SMILES string of the molecule is CCC(=O)Cn1c(=O)c2c(nc(Oc3cc#cc(OC(F)(F)F)c3)n2Cc2ccc(Cl)cc2)n(C)c1=O. The number of benzene rings is 1. The van der Waals surface area contributed by atoms with E-state index in [0.29, 0.717) is 10.6 Å². The highest BCUT2D eigenvalue weighted by atomic mass is 35.5. The van der Waals surface area contributed by atoms with Crippen LogP contribution in [0.25, 0.3) is 11.2 Å². The van der Waals surface area contributed by atoms with Crippen molar-refractivity contribution in [3.63, 3.8) is 0 Å². The van der Waals surface area contributed by atoms with Gasteiger partial charge in [-0.15, -0.1) is 13.2 Å². The molecule has 0 saturated carbocycles. The molecule has 13 heteroatoms. The number of Topliss-reactive ketones (excluding diaryl/α,β-unsaturated/α-hetero) is 1. The fourth-order valence-corrected chi connectivity index (χ4v) is 3.63. The van der Waals surface area contributed by atoms with E-state index in [0.717, 1.165) is 15.2 Å². The van der Waals surface area contributed by atoms with E-state index in [4.69, 9.17) is 16.3 Å². The molecule has 0 N–H and O–H groups in total. The lowest BCUT2D eigenvalue weighted by Gasteiger charge is -2.12. The van der Waals surface area contributed by atoms with Gasteiger partial charge in [-0.25, -0.2) is 4.79 Å². The average molecular weight is 535 g/mol. The summed E-state index contributed by atoms with van der Waals surface area (Å²) >= 11 is 5.97. The fraction of sp³-hybridized carbons (Fsp3) is 0.250. The zero-order valence-corrected chi connectivity index (χ0v) is 20.2. The molecule has 0 bridgehead atoms. The molecule has 0 atom stereocenters. The summed E-state index contributed by atoms with van der Waals surface area (Å²) in [6.45, 7) is 1.20. The number of nitrogens with zero attached hydrogens (tertiary/aromatic N) is 4.